The Balaban J connectivity index is 1.53. The number of thioether (sulfide) groups is 1. The number of amides is 1. The van der Waals surface area contributed by atoms with Gasteiger partial charge in [-0.15, -0.1) is 11.8 Å². The summed E-state index contributed by atoms with van der Waals surface area (Å²) in [7, 11) is 0. The third-order valence-corrected chi connectivity index (χ3v) is 5.64. The van der Waals surface area contributed by atoms with Crippen molar-refractivity contribution in [3.63, 3.8) is 0 Å². The van der Waals surface area contributed by atoms with E-state index < -0.39 is 0 Å². The van der Waals surface area contributed by atoms with Crippen LogP contribution in [-0.2, 0) is 9.53 Å². The first-order chi connectivity index (χ1) is 10.8. The van der Waals surface area contributed by atoms with Gasteiger partial charge in [0.05, 0.1) is 12.0 Å². The second-order valence-electron chi connectivity index (χ2n) is 5.94. The highest BCUT2D eigenvalue weighted by molar-refractivity contribution is 7.99. The van der Waals surface area contributed by atoms with Gasteiger partial charge in [-0.2, -0.15) is 0 Å². The number of fused-ring (bicyclic) bond motifs is 1. The van der Waals surface area contributed by atoms with Gasteiger partial charge in [0, 0.05) is 30.3 Å². The van der Waals surface area contributed by atoms with Gasteiger partial charge >= 0.3 is 0 Å². The number of benzene rings is 1. The van der Waals surface area contributed by atoms with Crippen LogP contribution in [0, 0.1) is 0 Å². The van der Waals surface area contributed by atoms with Crippen molar-refractivity contribution in [1.29, 1.82) is 0 Å². The molecule has 3 rings (SSSR count). The van der Waals surface area contributed by atoms with Crippen molar-refractivity contribution in [2.24, 2.45) is 5.73 Å². The van der Waals surface area contributed by atoms with Crippen LogP contribution in [0.15, 0.2) is 29.2 Å². The number of piperidine rings is 1. The molecule has 1 aromatic carbocycles. The zero-order chi connectivity index (χ0) is 15.4. The van der Waals surface area contributed by atoms with Crippen LogP contribution in [0.3, 0.4) is 0 Å². The van der Waals surface area contributed by atoms with E-state index in [4.69, 9.17) is 10.5 Å². The fourth-order valence-electron chi connectivity index (χ4n) is 3.16. The Morgan fingerprint density at radius 2 is 2.09 bits per heavy atom. The summed E-state index contributed by atoms with van der Waals surface area (Å²) in [6.45, 7) is 3.04. The molecule has 2 N–H and O–H groups in total. The maximum Gasteiger partial charge on any atom is 0.231 e. The molecule has 0 aliphatic carbocycles. The van der Waals surface area contributed by atoms with E-state index in [2.05, 4.69) is 12.1 Å². The lowest BCUT2D eigenvalue weighted by Crippen LogP contribution is -2.43. The number of carbonyl (C=O) groups excluding carboxylic acids is 1. The van der Waals surface area contributed by atoms with E-state index in [-0.39, 0.29) is 11.8 Å². The zero-order valence-corrected chi connectivity index (χ0v) is 13.7. The first-order valence-corrected chi connectivity index (χ1v) is 9.10. The lowest BCUT2D eigenvalue weighted by atomic mass is 9.98. The van der Waals surface area contributed by atoms with Crippen LogP contribution in [0.25, 0.3) is 0 Å². The average Bonchev–Trinajstić information content (AvgIpc) is 2.99. The molecule has 0 aromatic heterocycles. The van der Waals surface area contributed by atoms with E-state index in [1.54, 1.807) is 11.8 Å². The standard InChI is InChI=1S/C17H24N2O2S/c18-8-3-11-21-13-6-9-19(10-7-13)17(20)15-12-22-16-5-2-1-4-14(15)16/h1-2,4-5,13,15H,3,6-12,18H2. The minimum atomic E-state index is 0.0379. The van der Waals surface area contributed by atoms with Gasteiger partial charge in [-0.1, -0.05) is 18.2 Å². The first kappa shape index (κ1) is 15.8. The van der Waals surface area contributed by atoms with Crippen LogP contribution in [0.1, 0.15) is 30.7 Å². The van der Waals surface area contributed by atoms with Gasteiger partial charge in [0.25, 0.3) is 0 Å². The maximum atomic E-state index is 12.8. The summed E-state index contributed by atoms with van der Waals surface area (Å²) < 4.78 is 5.81. The SMILES string of the molecule is NCCCOC1CCN(C(=O)C2CSc3ccccc32)CC1. The summed E-state index contributed by atoms with van der Waals surface area (Å²) >= 11 is 1.80. The van der Waals surface area contributed by atoms with E-state index >= 15 is 0 Å². The monoisotopic (exact) mass is 320 g/mol. The predicted octanol–water partition coefficient (Wildman–Crippen LogP) is 2.23. The molecule has 1 saturated heterocycles. The number of ether oxygens (including phenoxy) is 1. The highest BCUT2D eigenvalue weighted by atomic mass is 32.2. The van der Waals surface area contributed by atoms with Crippen molar-refractivity contribution >= 4 is 17.7 Å². The van der Waals surface area contributed by atoms with Gasteiger partial charge in [-0.3, -0.25) is 4.79 Å². The van der Waals surface area contributed by atoms with Gasteiger partial charge in [-0.05, 0) is 37.4 Å². The van der Waals surface area contributed by atoms with E-state index in [0.29, 0.717) is 12.6 Å². The normalized spacial score (nSPS) is 21.9. The molecule has 1 aromatic rings. The summed E-state index contributed by atoms with van der Waals surface area (Å²) in [4.78, 5) is 16.1. The summed E-state index contributed by atoms with van der Waals surface area (Å²) in [6.07, 6.45) is 3.09. The summed E-state index contributed by atoms with van der Waals surface area (Å²) in [5, 5.41) is 0. The van der Waals surface area contributed by atoms with Gasteiger partial charge < -0.3 is 15.4 Å². The molecule has 2 aliphatic heterocycles. The molecule has 1 amide bonds. The number of hydrogen-bond donors (Lipinski definition) is 1. The first-order valence-electron chi connectivity index (χ1n) is 8.12. The smallest absolute Gasteiger partial charge is 0.231 e. The number of rotatable bonds is 5. The van der Waals surface area contributed by atoms with Gasteiger partial charge in [0.2, 0.25) is 5.91 Å². The van der Waals surface area contributed by atoms with Crippen molar-refractivity contribution < 1.29 is 9.53 Å². The lowest BCUT2D eigenvalue weighted by Gasteiger charge is -2.33. The molecule has 22 heavy (non-hydrogen) atoms. The molecule has 1 atom stereocenters. The molecule has 1 fully saturated rings. The number of nitrogens with zero attached hydrogens (tertiary/aromatic N) is 1. The number of likely N-dealkylation sites (tertiary alicyclic amines) is 1. The summed E-state index contributed by atoms with van der Waals surface area (Å²) in [6, 6.07) is 8.29. The molecule has 5 heteroatoms. The molecule has 2 aliphatic rings. The quantitative estimate of drug-likeness (QED) is 0.845. The molecular formula is C17H24N2O2S. The lowest BCUT2D eigenvalue weighted by molar-refractivity contribution is -0.134. The Bertz CT molecular complexity index is 515. The number of hydrogen-bond acceptors (Lipinski definition) is 4. The minimum absolute atomic E-state index is 0.0379. The van der Waals surface area contributed by atoms with Crippen LogP contribution >= 0.6 is 11.8 Å². The Morgan fingerprint density at radius 3 is 2.86 bits per heavy atom. The van der Waals surface area contributed by atoms with Gasteiger partial charge in [-0.25, -0.2) is 0 Å². The van der Waals surface area contributed by atoms with E-state index in [0.717, 1.165) is 44.7 Å². The number of carbonyl (C=O) groups is 1. The largest absolute Gasteiger partial charge is 0.378 e. The van der Waals surface area contributed by atoms with Crippen molar-refractivity contribution in [1.82, 2.24) is 4.90 Å². The van der Waals surface area contributed by atoms with Crippen LogP contribution in [-0.4, -0.2) is 48.9 Å². The number of nitrogens with two attached hydrogens (primary N) is 1. The van der Waals surface area contributed by atoms with Crippen molar-refractivity contribution in [2.75, 3.05) is 32.0 Å². The fraction of sp³-hybridized carbons (Fsp3) is 0.588. The third kappa shape index (κ3) is 3.47. The maximum absolute atomic E-state index is 12.8. The average molecular weight is 320 g/mol. The fourth-order valence-corrected chi connectivity index (χ4v) is 4.38. The Labute approximate surface area is 136 Å². The topological polar surface area (TPSA) is 55.6 Å². The molecule has 1 unspecified atom stereocenters. The summed E-state index contributed by atoms with van der Waals surface area (Å²) in [5.41, 5.74) is 6.69. The second-order valence-corrected chi connectivity index (χ2v) is 7.00. The Kier molecular flexibility index (Phi) is 5.39. The molecule has 0 saturated carbocycles. The summed E-state index contributed by atoms with van der Waals surface area (Å²) in [5.74, 6) is 1.21. The zero-order valence-electron chi connectivity index (χ0n) is 12.9. The van der Waals surface area contributed by atoms with Crippen molar-refractivity contribution in [2.45, 2.75) is 36.2 Å². The molecule has 0 bridgehead atoms. The van der Waals surface area contributed by atoms with Crippen LogP contribution < -0.4 is 5.73 Å². The van der Waals surface area contributed by atoms with E-state index in [9.17, 15) is 4.79 Å². The molecular weight excluding hydrogens is 296 g/mol. The Hall–Kier alpha value is -1.04. The predicted molar refractivity (Wildman–Crippen MR) is 89.1 cm³/mol. The molecule has 120 valence electrons. The van der Waals surface area contributed by atoms with E-state index in [1.807, 2.05) is 17.0 Å². The van der Waals surface area contributed by atoms with Gasteiger partial charge in [0.15, 0.2) is 0 Å². The van der Waals surface area contributed by atoms with Crippen molar-refractivity contribution in [3.05, 3.63) is 29.8 Å². The van der Waals surface area contributed by atoms with Crippen LogP contribution in [0.2, 0.25) is 0 Å². The van der Waals surface area contributed by atoms with Crippen LogP contribution in [0.5, 0.6) is 0 Å². The van der Waals surface area contributed by atoms with Gasteiger partial charge in [0.1, 0.15) is 0 Å². The Morgan fingerprint density at radius 1 is 1.32 bits per heavy atom. The molecule has 0 radical (unpaired) electrons. The van der Waals surface area contributed by atoms with E-state index in [1.165, 1.54) is 10.5 Å². The second kappa shape index (κ2) is 7.49. The third-order valence-electron chi connectivity index (χ3n) is 4.45. The molecule has 2 heterocycles. The van der Waals surface area contributed by atoms with Crippen LogP contribution in [0.4, 0.5) is 0 Å². The highest BCUT2D eigenvalue weighted by Crippen LogP contribution is 2.40. The molecule has 4 nitrogen and oxygen atoms in total. The van der Waals surface area contributed by atoms with Crippen molar-refractivity contribution in [3.8, 4) is 0 Å². The highest BCUT2D eigenvalue weighted by Gasteiger charge is 2.33. The minimum Gasteiger partial charge on any atom is -0.378 e. The molecule has 0 spiro atoms.